The number of carbonyl (C=O) groups is 1. The highest BCUT2D eigenvalue weighted by molar-refractivity contribution is 7.90. The maximum absolute atomic E-state index is 12.8. The zero-order valence-corrected chi connectivity index (χ0v) is 17.2. The number of thiazole rings is 1. The van der Waals surface area contributed by atoms with E-state index in [1.54, 1.807) is 16.7 Å². The number of ether oxygens (including phenoxy) is 1. The van der Waals surface area contributed by atoms with Crippen LogP contribution in [0.4, 0.5) is 5.69 Å². The molecule has 0 unspecified atom stereocenters. The second kappa shape index (κ2) is 8.23. The summed E-state index contributed by atoms with van der Waals surface area (Å²) in [6.45, 7) is 0.618. The zero-order valence-electron chi connectivity index (χ0n) is 15.6. The number of nitro benzene ring substituents is 1. The first-order valence-corrected chi connectivity index (χ1v) is 11.1. The van der Waals surface area contributed by atoms with Crippen LogP contribution < -0.4 is 4.80 Å². The van der Waals surface area contributed by atoms with Crippen molar-refractivity contribution in [3.05, 3.63) is 62.9 Å². The van der Waals surface area contributed by atoms with E-state index in [2.05, 4.69) is 4.99 Å². The number of methoxy groups -OCH3 is 1. The van der Waals surface area contributed by atoms with E-state index in [-0.39, 0.29) is 16.1 Å². The van der Waals surface area contributed by atoms with Gasteiger partial charge in [0.15, 0.2) is 14.6 Å². The lowest BCUT2D eigenvalue weighted by molar-refractivity contribution is -0.384. The van der Waals surface area contributed by atoms with Crippen molar-refractivity contribution >= 4 is 43.0 Å². The molecule has 0 N–H and O–H groups in total. The number of carbonyl (C=O) groups excluding carboxylic acids is 1. The molecule has 11 heteroatoms. The van der Waals surface area contributed by atoms with Gasteiger partial charge in [-0.3, -0.25) is 14.9 Å². The molecule has 1 amide bonds. The van der Waals surface area contributed by atoms with Crippen LogP contribution in [-0.4, -0.2) is 43.8 Å². The predicted octanol–water partition coefficient (Wildman–Crippen LogP) is 2.40. The molecule has 0 aliphatic rings. The van der Waals surface area contributed by atoms with Crippen molar-refractivity contribution in [2.24, 2.45) is 4.99 Å². The highest BCUT2D eigenvalue weighted by atomic mass is 32.2. The van der Waals surface area contributed by atoms with E-state index in [0.717, 1.165) is 6.26 Å². The molecule has 1 heterocycles. The van der Waals surface area contributed by atoms with Gasteiger partial charge in [-0.15, -0.1) is 0 Å². The van der Waals surface area contributed by atoms with E-state index in [4.69, 9.17) is 4.74 Å². The topological polar surface area (TPSA) is 121 Å². The Morgan fingerprint density at radius 3 is 2.66 bits per heavy atom. The molecule has 0 aliphatic heterocycles. The number of rotatable bonds is 6. The average molecular weight is 435 g/mol. The van der Waals surface area contributed by atoms with Crippen LogP contribution in [0.25, 0.3) is 10.2 Å². The van der Waals surface area contributed by atoms with E-state index in [1.807, 2.05) is 0 Å². The third-order valence-electron chi connectivity index (χ3n) is 4.11. The highest BCUT2D eigenvalue weighted by Gasteiger charge is 2.19. The minimum atomic E-state index is -3.61. The normalized spacial score (nSPS) is 12.4. The first-order chi connectivity index (χ1) is 13.7. The number of non-ortho nitro benzene ring substituents is 1. The predicted molar refractivity (Wildman–Crippen MR) is 108 cm³/mol. The van der Waals surface area contributed by atoms with Gasteiger partial charge >= 0.3 is 0 Å². The number of sulfone groups is 1. The number of nitro groups is 1. The molecule has 0 atom stereocenters. The number of aromatic nitrogens is 1. The lowest BCUT2D eigenvalue weighted by Gasteiger charge is -2.05. The SMILES string of the molecule is COCCn1c(=NC(=O)c2ccccc2S(C)(=O)=O)sc2ccc([N+](=O)[O-])cc21. The number of hydrogen-bond acceptors (Lipinski definition) is 7. The van der Waals surface area contributed by atoms with Crippen molar-refractivity contribution in [1.82, 2.24) is 4.57 Å². The standard InChI is InChI=1S/C18H17N3O6S2/c1-27-10-9-20-14-11-12(21(23)24)7-8-15(14)28-18(20)19-17(22)13-5-3-4-6-16(13)29(2,25)26/h3-8,11H,9-10H2,1-2H3. The third kappa shape index (κ3) is 4.42. The lowest BCUT2D eigenvalue weighted by Crippen LogP contribution is -2.20. The molecular formula is C18H17N3O6S2. The fourth-order valence-electron chi connectivity index (χ4n) is 2.77. The molecule has 0 fully saturated rings. The fourth-order valence-corrected chi connectivity index (χ4v) is 4.68. The summed E-state index contributed by atoms with van der Waals surface area (Å²) in [6.07, 6.45) is 1.02. The molecule has 9 nitrogen and oxygen atoms in total. The maximum atomic E-state index is 12.8. The Balaban J connectivity index is 2.20. The monoisotopic (exact) mass is 435 g/mol. The van der Waals surface area contributed by atoms with Crippen LogP contribution in [0.2, 0.25) is 0 Å². The van der Waals surface area contributed by atoms with E-state index < -0.39 is 20.7 Å². The van der Waals surface area contributed by atoms with Crippen LogP contribution in [0.15, 0.2) is 52.4 Å². The van der Waals surface area contributed by atoms with Crippen LogP contribution in [0.5, 0.6) is 0 Å². The van der Waals surface area contributed by atoms with Crippen LogP contribution in [0, 0.1) is 10.1 Å². The van der Waals surface area contributed by atoms with Gasteiger partial charge in [0.2, 0.25) is 0 Å². The number of hydrogen-bond donors (Lipinski definition) is 0. The van der Waals surface area contributed by atoms with E-state index >= 15 is 0 Å². The van der Waals surface area contributed by atoms with Gasteiger partial charge in [0.1, 0.15) is 0 Å². The number of benzene rings is 2. The Hall–Kier alpha value is -2.89. The summed E-state index contributed by atoms with van der Waals surface area (Å²) in [5.74, 6) is -0.710. The smallest absolute Gasteiger partial charge is 0.280 e. The Bertz CT molecular complexity index is 1270. The Kier molecular flexibility index (Phi) is 5.91. The second-order valence-corrected chi connectivity index (χ2v) is 9.12. The zero-order chi connectivity index (χ0) is 21.2. The van der Waals surface area contributed by atoms with Gasteiger partial charge in [0, 0.05) is 32.0 Å². The second-order valence-electron chi connectivity index (χ2n) is 6.12. The van der Waals surface area contributed by atoms with Gasteiger partial charge in [0.05, 0.1) is 32.2 Å². The van der Waals surface area contributed by atoms with Crippen LogP contribution in [0.3, 0.4) is 0 Å². The molecule has 2 aromatic carbocycles. The lowest BCUT2D eigenvalue weighted by atomic mass is 10.2. The quantitative estimate of drug-likeness (QED) is 0.433. The number of fused-ring (bicyclic) bond motifs is 1. The highest BCUT2D eigenvalue weighted by Crippen LogP contribution is 2.23. The fraction of sp³-hybridized carbons (Fsp3) is 0.222. The van der Waals surface area contributed by atoms with Gasteiger partial charge in [-0.2, -0.15) is 4.99 Å². The van der Waals surface area contributed by atoms with Crippen molar-refractivity contribution in [2.75, 3.05) is 20.0 Å². The van der Waals surface area contributed by atoms with Crippen molar-refractivity contribution in [3.63, 3.8) is 0 Å². The number of nitrogens with zero attached hydrogens (tertiary/aromatic N) is 3. The molecular weight excluding hydrogens is 418 g/mol. The largest absolute Gasteiger partial charge is 0.383 e. The van der Waals surface area contributed by atoms with Crippen LogP contribution >= 0.6 is 11.3 Å². The summed E-state index contributed by atoms with van der Waals surface area (Å²) < 4.78 is 31.4. The van der Waals surface area contributed by atoms with E-state index in [1.165, 1.54) is 48.8 Å². The number of amides is 1. The Morgan fingerprint density at radius 2 is 2.00 bits per heavy atom. The minimum Gasteiger partial charge on any atom is -0.383 e. The molecule has 1 aromatic heterocycles. The maximum Gasteiger partial charge on any atom is 0.280 e. The molecule has 3 aromatic rings. The first-order valence-electron chi connectivity index (χ1n) is 8.37. The van der Waals surface area contributed by atoms with Gasteiger partial charge in [0.25, 0.3) is 11.6 Å². The molecule has 0 saturated heterocycles. The summed E-state index contributed by atoms with van der Waals surface area (Å²) in [7, 11) is -2.10. The van der Waals surface area contributed by atoms with Crippen molar-refractivity contribution in [3.8, 4) is 0 Å². The molecule has 0 radical (unpaired) electrons. The van der Waals surface area contributed by atoms with Crippen molar-refractivity contribution in [1.29, 1.82) is 0 Å². The summed E-state index contributed by atoms with van der Waals surface area (Å²) in [5, 5.41) is 11.1. The molecule has 0 aliphatic carbocycles. The van der Waals surface area contributed by atoms with Gasteiger partial charge in [-0.05, 0) is 18.2 Å². The summed E-state index contributed by atoms with van der Waals surface area (Å²) in [4.78, 5) is 27.7. The Morgan fingerprint density at radius 1 is 1.28 bits per heavy atom. The van der Waals surface area contributed by atoms with Gasteiger partial charge < -0.3 is 9.30 Å². The molecule has 0 saturated carbocycles. The molecule has 0 bridgehead atoms. The van der Waals surface area contributed by atoms with Crippen LogP contribution in [0.1, 0.15) is 10.4 Å². The van der Waals surface area contributed by atoms with E-state index in [9.17, 15) is 23.3 Å². The molecule has 0 spiro atoms. The Labute approximate surface area is 170 Å². The van der Waals surface area contributed by atoms with Crippen molar-refractivity contribution in [2.45, 2.75) is 11.4 Å². The van der Waals surface area contributed by atoms with Gasteiger partial charge in [-0.1, -0.05) is 23.5 Å². The summed E-state index contributed by atoms with van der Waals surface area (Å²) in [5.41, 5.74) is 0.433. The molecule has 3 rings (SSSR count). The van der Waals surface area contributed by atoms with Gasteiger partial charge in [-0.25, -0.2) is 8.42 Å². The molecule has 29 heavy (non-hydrogen) atoms. The summed E-state index contributed by atoms with van der Waals surface area (Å²) >= 11 is 1.18. The minimum absolute atomic E-state index is 0.0308. The summed E-state index contributed by atoms with van der Waals surface area (Å²) in [6, 6.07) is 10.2. The first kappa shape index (κ1) is 20.8. The van der Waals surface area contributed by atoms with Crippen molar-refractivity contribution < 1.29 is 22.9 Å². The molecule has 152 valence electrons. The average Bonchev–Trinajstić information content (AvgIpc) is 3.01. The third-order valence-corrected chi connectivity index (χ3v) is 6.32. The van der Waals surface area contributed by atoms with Crippen LogP contribution in [-0.2, 0) is 21.1 Å². The van der Waals surface area contributed by atoms with E-state index in [0.29, 0.717) is 28.2 Å².